The molecule has 2 heteroatoms. The lowest BCUT2D eigenvalue weighted by atomic mass is 9.69. The van der Waals surface area contributed by atoms with Gasteiger partial charge in [-0.15, -0.1) is 0 Å². The van der Waals surface area contributed by atoms with Gasteiger partial charge in [0.25, 0.3) is 0 Å². The van der Waals surface area contributed by atoms with Crippen LogP contribution >= 0.6 is 0 Å². The molecule has 0 saturated heterocycles. The molecule has 0 aromatic carbocycles. The second-order valence-electron chi connectivity index (χ2n) is 4.29. The van der Waals surface area contributed by atoms with Gasteiger partial charge in [-0.1, -0.05) is 32.6 Å². The summed E-state index contributed by atoms with van der Waals surface area (Å²) in [5.41, 5.74) is 0.332. The lowest BCUT2D eigenvalue weighted by Crippen LogP contribution is -2.28. The number of aliphatic carboxylic acids is 1. The van der Waals surface area contributed by atoms with Gasteiger partial charge in [-0.25, -0.2) is 0 Å². The third-order valence-electron chi connectivity index (χ3n) is 3.52. The number of carboxylic acid groups (broad SMARTS) is 1. The molecular weight excluding hydrogens is 164 g/mol. The van der Waals surface area contributed by atoms with Crippen molar-refractivity contribution >= 4 is 5.97 Å². The Morgan fingerprint density at radius 3 is 2.38 bits per heavy atom. The summed E-state index contributed by atoms with van der Waals surface area (Å²) in [7, 11) is 0. The molecule has 0 aromatic heterocycles. The van der Waals surface area contributed by atoms with E-state index in [1.165, 1.54) is 32.1 Å². The fourth-order valence-corrected chi connectivity index (χ4v) is 2.45. The summed E-state index contributed by atoms with van der Waals surface area (Å²) in [6.45, 7) is 2.18. The van der Waals surface area contributed by atoms with Crippen molar-refractivity contribution in [2.24, 2.45) is 5.41 Å². The Labute approximate surface area is 80.3 Å². The molecule has 0 spiro atoms. The van der Waals surface area contributed by atoms with E-state index in [0.29, 0.717) is 5.41 Å². The topological polar surface area (TPSA) is 40.1 Å². The molecule has 0 atom stereocenters. The van der Waals surface area contributed by atoms with E-state index < -0.39 is 5.97 Å². The predicted molar refractivity (Wildman–Crippen MR) is 50.1 cm³/mol. The van der Waals surface area contributed by atoms with E-state index in [0.717, 1.165) is 12.8 Å². The summed E-state index contributed by atoms with van der Waals surface area (Å²) >= 11 is 0. The van der Waals surface area contributed by atoms with Crippen LogP contribution in [0.2, 0.25) is 0 Å². The van der Waals surface area contributed by atoms with Crippen molar-refractivity contribution in [3.05, 3.63) is 0 Å². The molecule has 1 aliphatic carbocycles. The Kier molecular flexibility index (Phi) is 3.76. The van der Waals surface area contributed by atoms with Crippen molar-refractivity contribution in [3.8, 4) is 0 Å². The van der Waals surface area contributed by atoms with Crippen LogP contribution in [0.4, 0.5) is 0 Å². The maximum atomic E-state index is 10.4. The van der Waals surface area contributed by atoms with E-state index in [-0.39, 0.29) is 6.42 Å². The van der Waals surface area contributed by atoms with Gasteiger partial charge in [0, 0.05) is 5.97 Å². The molecular formula is C11H19O2-. The highest BCUT2D eigenvalue weighted by Gasteiger charge is 2.29. The second kappa shape index (κ2) is 4.64. The lowest BCUT2D eigenvalue weighted by Gasteiger charge is -2.36. The van der Waals surface area contributed by atoms with Gasteiger partial charge >= 0.3 is 0 Å². The molecule has 0 aromatic rings. The SMILES string of the molecule is CCC1(CCC(=O)[O-])CCCCC1. The zero-order chi connectivity index (χ0) is 9.73. The third-order valence-corrected chi connectivity index (χ3v) is 3.52. The zero-order valence-corrected chi connectivity index (χ0v) is 8.47. The molecule has 1 rings (SSSR count). The summed E-state index contributed by atoms with van der Waals surface area (Å²) in [6.07, 6.45) is 8.52. The highest BCUT2D eigenvalue weighted by molar-refractivity contribution is 5.64. The Bertz CT molecular complexity index is 169. The first-order valence-electron chi connectivity index (χ1n) is 5.38. The van der Waals surface area contributed by atoms with Gasteiger partial charge in [-0.2, -0.15) is 0 Å². The number of rotatable bonds is 4. The summed E-state index contributed by atoms with van der Waals surface area (Å²) in [6, 6.07) is 0. The summed E-state index contributed by atoms with van der Waals surface area (Å²) in [5.74, 6) is -0.890. The number of hydrogen-bond donors (Lipinski definition) is 0. The smallest absolute Gasteiger partial charge is 0.0414 e. The first-order chi connectivity index (χ1) is 6.18. The van der Waals surface area contributed by atoms with Crippen molar-refractivity contribution in [2.45, 2.75) is 58.3 Å². The first kappa shape index (κ1) is 10.6. The molecule has 1 saturated carbocycles. The van der Waals surface area contributed by atoms with Crippen molar-refractivity contribution in [1.29, 1.82) is 0 Å². The average molecular weight is 183 g/mol. The average Bonchev–Trinajstić information content (AvgIpc) is 2.16. The standard InChI is InChI=1S/C11H20O2/c1-2-11(9-6-10(12)13)7-4-3-5-8-11/h2-9H2,1H3,(H,12,13)/p-1. The first-order valence-corrected chi connectivity index (χ1v) is 5.38. The molecule has 1 fully saturated rings. The summed E-state index contributed by atoms with van der Waals surface area (Å²) < 4.78 is 0. The lowest BCUT2D eigenvalue weighted by molar-refractivity contribution is -0.306. The monoisotopic (exact) mass is 183 g/mol. The van der Waals surface area contributed by atoms with Crippen LogP contribution in [0.25, 0.3) is 0 Å². The van der Waals surface area contributed by atoms with E-state index >= 15 is 0 Å². The van der Waals surface area contributed by atoms with E-state index in [1.54, 1.807) is 0 Å². The minimum Gasteiger partial charge on any atom is -0.550 e. The molecule has 0 aliphatic heterocycles. The van der Waals surface area contributed by atoms with Crippen LogP contribution in [0, 0.1) is 5.41 Å². The van der Waals surface area contributed by atoms with Crippen molar-refractivity contribution < 1.29 is 9.90 Å². The van der Waals surface area contributed by atoms with Gasteiger partial charge in [-0.05, 0) is 31.1 Å². The Hall–Kier alpha value is -0.530. The van der Waals surface area contributed by atoms with Crippen LogP contribution in [-0.2, 0) is 4.79 Å². The van der Waals surface area contributed by atoms with E-state index in [4.69, 9.17) is 0 Å². The van der Waals surface area contributed by atoms with E-state index in [2.05, 4.69) is 6.92 Å². The minimum atomic E-state index is -0.890. The Balaban J connectivity index is 2.42. The molecule has 2 nitrogen and oxygen atoms in total. The second-order valence-corrected chi connectivity index (χ2v) is 4.29. The molecule has 0 N–H and O–H groups in total. The maximum Gasteiger partial charge on any atom is 0.0414 e. The van der Waals surface area contributed by atoms with Crippen molar-refractivity contribution in [2.75, 3.05) is 0 Å². The normalized spacial score (nSPS) is 21.3. The minimum absolute atomic E-state index is 0.244. The molecule has 76 valence electrons. The van der Waals surface area contributed by atoms with Crippen molar-refractivity contribution in [1.82, 2.24) is 0 Å². The van der Waals surface area contributed by atoms with Crippen LogP contribution in [0.3, 0.4) is 0 Å². The Morgan fingerprint density at radius 2 is 1.92 bits per heavy atom. The van der Waals surface area contributed by atoms with Gasteiger partial charge in [0.15, 0.2) is 0 Å². The van der Waals surface area contributed by atoms with Gasteiger partial charge in [0.05, 0.1) is 0 Å². The molecule has 0 radical (unpaired) electrons. The third kappa shape index (κ3) is 3.02. The molecule has 0 unspecified atom stereocenters. The van der Waals surface area contributed by atoms with E-state index in [9.17, 15) is 9.90 Å². The van der Waals surface area contributed by atoms with Gasteiger partial charge in [0.1, 0.15) is 0 Å². The van der Waals surface area contributed by atoms with Crippen LogP contribution in [0.5, 0.6) is 0 Å². The van der Waals surface area contributed by atoms with Crippen LogP contribution in [0.1, 0.15) is 58.3 Å². The maximum absolute atomic E-state index is 10.4. The highest BCUT2D eigenvalue weighted by Crippen LogP contribution is 2.42. The quantitative estimate of drug-likeness (QED) is 0.667. The summed E-state index contributed by atoms with van der Waals surface area (Å²) in [5, 5.41) is 10.4. The molecule has 0 bridgehead atoms. The fourth-order valence-electron chi connectivity index (χ4n) is 2.45. The largest absolute Gasteiger partial charge is 0.550 e. The summed E-state index contributed by atoms with van der Waals surface area (Å²) in [4.78, 5) is 10.4. The van der Waals surface area contributed by atoms with Gasteiger partial charge in [0.2, 0.25) is 0 Å². The van der Waals surface area contributed by atoms with Crippen LogP contribution < -0.4 is 5.11 Å². The number of carbonyl (C=O) groups is 1. The van der Waals surface area contributed by atoms with Crippen LogP contribution in [-0.4, -0.2) is 5.97 Å². The van der Waals surface area contributed by atoms with Gasteiger partial charge < -0.3 is 9.90 Å². The number of carbonyl (C=O) groups excluding carboxylic acids is 1. The number of carboxylic acids is 1. The molecule has 1 aliphatic rings. The Morgan fingerprint density at radius 1 is 1.31 bits per heavy atom. The number of hydrogen-bond acceptors (Lipinski definition) is 2. The molecule has 0 heterocycles. The van der Waals surface area contributed by atoms with E-state index in [1.807, 2.05) is 0 Å². The van der Waals surface area contributed by atoms with Crippen LogP contribution in [0.15, 0.2) is 0 Å². The molecule has 13 heavy (non-hydrogen) atoms. The highest BCUT2D eigenvalue weighted by atomic mass is 16.4. The molecule has 0 amide bonds. The fraction of sp³-hybridized carbons (Fsp3) is 0.909. The van der Waals surface area contributed by atoms with Crippen molar-refractivity contribution in [3.63, 3.8) is 0 Å². The van der Waals surface area contributed by atoms with Gasteiger partial charge in [-0.3, -0.25) is 0 Å². The predicted octanol–water partition coefficient (Wildman–Crippen LogP) is 1.88. The zero-order valence-electron chi connectivity index (χ0n) is 8.47.